The molecule has 3 heteroatoms. The molecule has 0 amide bonds. The van der Waals surface area contributed by atoms with Crippen molar-refractivity contribution in [3.05, 3.63) is 35.9 Å². The second-order valence-electron chi connectivity index (χ2n) is 4.57. The van der Waals surface area contributed by atoms with Gasteiger partial charge in [-0.3, -0.25) is 0 Å². The maximum atomic E-state index is 13.7. The molecule has 0 spiro atoms. The molecular formula is C13H15FN2. The molecule has 2 aliphatic rings. The van der Waals surface area contributed by atoms with Gasteiger partial charge in [0.25, 0.3) is 0 Å². The van der Waals surface area contributed by atoms with Crippen LogP contribution in [-0.2, 0) is 0 Å². The van der Waals surface area contributed by atoms with Crippen LogP contribution in [0, 0.1) is 5.95 Å². The van der Waals surface area contributed by atoms with E-state index in [1.807, 2.05) is 6.07 Å². The first-order valence-corrected chi connectivity index (χ1v) is 5.91. The second-order valence-corrected chi connectivity index (χ2v) is 4.57. The lowest BCUT2D eigenvalue weighted by Crippen LogP contribution is -2.28. The molecule has 3 heterocycles. The minimum atomic E-state index is -0.346. The zero-order valence-electron chi connectivity index (χ0n) is 9.12. The van der Waals surface area contributed by atoms with E-state index in [0.717, 1.165) is 18.4 Å². The van der Waals surface area contributed by atoms with Crippen molar-refractivity contribution in [2.45, 2.75) is 37.8 Å². The largest absolute Gasteiger partial charge is 0.307 e. The number of allylic oxidation sites excluding steroid dienone is 1. The molecule has 0 radical (unpaired) electrons. The Morgan fingerprint density at radius 2 is 2.25 bits per heavy atom. The van der Waals surface area contributed by atoms with Crippen LogP contribution in [-0.4, -0.2) is 17.1 Å². The normalized spacial score (nSPS) is 28.7. The molecule has 2 bridgehead atoms. The lowest BCUT2D eigenvalue weighted by atomic mass is 9.95. The number of nitrogens with zero attached hydrogens (tertiary/aromatic N) is 1. The molecule has 3 rings (SSSR count). The van der Waals surface area contributed by atoms with Crippen molar-refractivity contribution in [3.63, 3.8) is 0 Å². The van der Waals surface area contributed by atoms with Crippen LogP contribution in [0.4, 0.5) is 4.39 Å². The lowest BCUT2D eigenvalue weighted by molar-refractivity contribution is 0.557. The molecule has 1 aromatic heterocycles. The van der Waals surface area contributed by atoms with Crippen LogP contribution in [0.15, 0.2) is 24.4 Å². The maximum Gasteiger partial charge on any atom is 0.220 e. The molecule has 0 aromatic carbocycles. The van der Waals surface area contributed by atoms with Gasteiger partial charge in [0.05, 0.1) is 0 Å². The first-order chi connectivity index (χ1) is 7.84. The topological polar surface area (TPSA) is 24.9 Å². The third-order valence-corrected chi connectivity index (χ3v) is 3.57. The van der Waals surface area contributed by atoms with Gasteiger partial charge in [-0.1, -0.05) is 6.08 Å². The quantitative estimate of drug-likeness (QED) is 0.733. The van der Waals surface area contributed by atoms with Crippen LogP contribution in [0.1, 0.15) is 31.2 Å². The van der Waals surface area contributed by atoms with Crippen LogP contribution in [0.25, 0.3) is 5.57 Å². The van der Waals surface area contributed by atoms with Crippen molar-refractivity contribution in [3.8, 4) is 0 Å². The monoisotopic (exact) mass is 218 g/mol. The van der Waals surface area contributed by atoms with E-state index in [1.54, 1.807) is 6.07 Å². The highest BCUT2D eigenvalue weighted by molar-refractivity contribution is 5.70. The van der Waals surface area contributed by atoms with Crippen molar-refractivity contribution in [2.75, 3.05) is 0 Å². The van der Waals surface area contributed by atoms with E-state index in [-0.39, 0.29) is 5.95 Å². The number of hydrogen-bond donors (Lipinski definition) is 1. The van der Waals surface area contributed by atoms with Crippen LogP contribution in [0.2, 0.25) is 0 Å². The Labute approximate surface area is 94.6 Å². The van der Waals surface area contributed by atoms with Crippen LogP contribution >= 0.6 is 0 Å². The Bertz CT molecular complexity index is 428. The van der Waals surface area contributed by atoms with Crippen LogP contribution < -0.4 is 5.32 Å². The number of rotatable bonds is 1. The molecule has 2 aliphatic heterocycles. The van der Waals surface area contributed by atoms with Gasteiger partial charge in [-0.25, -0.2) is 4.98 Å². The average Bonchev–Trinajstić information content (AvgIpc) is 2.63. The molecule has 2 atom stereocenters. The summed E-state index contributed by atoms with van der Waals surface area (Å²) in [6.07, 6.45) is 8.21. The van der Waals surface area contributed by atoms with Gasteiger partial charge in [-0.2, -0.15) is 4.39 Å². The Balaban J connectivity index is 1.99. The third-order valence-electron chi connectivity index (χ3n) is 3.57. The molecule has 1 aromatic rings. The highest BCUT2D eigenvalue weighted by Crippen LogP contribution is 2.32. The molecule has 0 aliphatic carbocycles. The Morgan fingerprint density at radius 3 is 3.12 bits per heavy atom. The van der Waals surface area contributed by atoms with Gasteiger partial charge in [-0.15, -0.1) is 0 Å². The minimum Gasteiger partial charge on any atom is -0.307 e. The minimum absolute atomic E-state index is 0.325. The predicted octanol–water partition coefficient (Wildman–Crippen LogP) is 2.52. The van der Waals surface area contributed by atoms with Crippen molar-refractivity contribution in [2.24, 2.45) is 0 Å². The summed E-state index contributed by atoms with van der Waals surface area (Å²) in [6.45, 7) is 0. The van der Waals surface area contributed by atoms with Crippen molar-refractivity contribution >= 4 is 5.57 Å². The molecule has 1 N–H and O–H groups in total. The summed E-state index contributed by atoms with van der Waals surface area (Å²) in [5.74, 6) is -0.346. The fourth-order valence-electron chi connectivity index (χ4n) is 2.77. The average molecular weight is 218 g/mol. The van der Waals surface area contributed by atoms with E-state index in [4.69, 9.17) is 0 Å². The lowest BCUT2D eigenvalue weighted by Gasteiger charge is -2.15. The summed E-state index contributed by atoms with van der Waals surface area (Å²) in [7, 11) is 0. The van der Waals surface area contributed by atoms with E-state index in [1.165, 1.54) is 19.0 Å². The van der Waals surface area contributed by atoms with Crippen molar-refractivity contribution in [1.82, 2.24) is 10.3 Å². The van der Waals surface area contributed by atoms with Gasteiger partial charge in [0.1, 0.15) is 0 Å². The van der Waals surface area contributed by atoms with E-state index >= 15 is 0 Å². The fraction of sp³-hybridized carbons (Fsp3) is 0.462. The van der Waals surface area contributed by atoms with Gasteiger partial charge in [0, 0.05) is 23.8 Å². The highest BCUT2D eigenvalue weighted by Gasteiger charge is 2.29. The van der Waals surface area contributed by atoms with E-state index < -0.39 is 0 Å². The van der Waals surface area contributed by atoms with Crippen molar-refractivity contribution in [1.29, 1.82) is 0 Å². The molecule has 16 heavy (non-hydrogen) atoms. The zero-order valence-corrected chi connectivity index (χ0v) is 9.12. The van der Waals surface area contributed by atoms with Gasteiger partial charge in [-0.05, 0) is 43.4 Å². The summed E-state index contributed by atoms with van der Waals surface area (Å²) in [5.41, 5.74) is 1.77. The van der Waals surface area contributed by atoms with Crippen molar-refractivity contribution < 1.29 is 4.39 Å². The predicted molar refractivity (Wildman–Crippen MR) is 61.4 cm³/mol. The van der Waals surface area contributed by atoms with Crippen LogP contribution in [0.3, 0.4) is 0 Å². The first kappa shape index (κ1) is 9.97. The Morgan fingerprint density at radius 1 is 1.31 bits per heavy atom. The number of aromatic nitrogens is 1. The summed E-state index contributed by atoms with van der Waals surface area (Å²) in [5, 5.41) is 3.57. The number of hydrogen-bond acceptors (Lipinski definition) is 2. The molecule has 1 saturated heterocycles. The first-order valence-electron chi connectivity index (χ1n) is 5.91. The number of pyridine rings is 1. The summed E-state index contributed by atoms with van der Waals surface area (Å²) >= 11 is 0. The van der Waals surface area contributed by atoms with Gasteiger partial charge < -0.3 is 5.32 Å². The van der Waals surface area contributed by atoms with E-state index in [0.29, 0.717) is 17.6 Å². The molecular weight excluding hydrogens is 203 g/mol. The molecule has 84 valence electrons. The van der Waals surface area contributed by atoms with E-state index in [2.05, 4.69) is 16.4 Å². The Hall–Kier alpha value is -1.22. The van der Waals surface area contributed by atoms with Gasteiger partial charge in [0.2, 0.25) is 5.95 Å². The Kier molecular flexibility index (Phi) is 2.48. The molecule has 0 saturated carbocycles. The van der Waals surface area contributed by atoms with E-state index in [9.17, 15) is 4.39 Å². The molecule has 0 unspecified atom stereocenters. The zero-order chi connectivity index (χ0) is 11.0. The standard InChI is InChI=1S/C13H15FN2/c14-13-11(5-2-8-15-13)10-4-1-3-9-6-7-12(10)16-9/h2,4-5,8-9,12,16H,1,3,6-7H2/t9-,12-/m0/s1. The third kappa shape index (κ3) is 1.65. The number of halogens is 1. The van der Waals surface area contributed by atoms with Gasteiger partial charge >= 0.3 is 0 Å². The molecule has 1 fully saturated rings. The SMILES string of the molecule is Fc1ncccc1C1=CCC[C@H]2CC[C@@H]1N2. The van der Waals surface area contributed by atoms with Gasteiger partial charge in [0.15, 0.2) is 0 Å². The van der Waals surface area contributed by atoms with Crippen LogP contribution in [0.5, 0.6) is 0 Å². The highest BCUT2D eigenvalue weighted by atomic mass is 19.1. The summed E-state index contributed by atoms with van der Waals surface area (Å²) in [6, 6.07) is 4.58. The number of nitrogens with one attached hydrogen (secondary N) is 1. The molecule has 2 nitrogen and oxygen atoms in total. The smallest absolute Gasteiger partial charge is 0.220 e. The summed E-state index contributed by atoms with van der Waals surface area (Å²) < 4.78 is 13.7. The second kappa shape index (κ2) is 3.98. The maximum absolute atomic E-state index is 13.7. The fourth-order valence-corrected chi connectivity index (χ4v) is 2.77. The summed E-state index contributed by atoms with van der Waals surface area (Å²) in [4.78, 5) is 3.73. The number of fused-ring (bicyclic) bond motifs is 2.